The fourth-order valence-electron chi connectivity index (χ4n) is 2.23. The fraction of sp³-hybridized carbons (Fsp3) is 0.923. The molecule has 1 saturated heterocycles. The number of nitrogens with zero attached hydrogens (tertiary/aromatic N) is 1. The molecule has 17 heavy (non-hydrogen) atoms. The van der Waals surface area contributed by atoms with Gasteiger partial charge in [-0.25, -0.2) is 0 Å². The van der Waals surface area contributed by atoms with Crippen molar-refractivity contribution in [2.24, 2.45) is 0 Å². The Hall–Kier alpha value is -0.610. The molecule has 0 aliphatic carbocycles. The fourth-order valence-corrected chi connectivity index (χ4v) is 2.23. The van der Waals surface area contributed by atoms with E-state index in [1.807, 2.05) is 0 Å². The largest absolute Gasteiger partial charge is 0.356 e. The van der Waals surface area contributed by atoms with E-state index in [0.717, 1.165) is 26.1 Å². The lowest BCUT2D eigenvalue weighted by Crippen LogP contribution is -2.43. The number of likely N-dealkylation sites (tertiary alicyclic amines) is 1. The molecule has 1 unspecified atom stereocenters. The second-order valence-electron chi connectivity index (χ2n) is 4.93. The summed E-state index contributed by atoms with van der Waals surface area (Å²) in [5.74, 6) is 0.163. The molecule has 4 heteroatoms. The first kappa shape index (κ1) is 14.5. The minimum absolute atomic E-state index is 0.163. The molecule has 1 rings (SSSR count). The van der Waals surface area contributed by atoms with Crippen molar-refractivity contribution in [2.75, 3.05) is 33.2 Å². The van der Waals surface area contributed by atoms with Crippen molar-refractivity contribution in [3.05, 3.63) is 0 Å². The summed E-state index contributed by atoms with van der Waals surface area (Å²) in [5.41, 5.74) is 0. The zero-order valence-corrected chi connectivity index (χ0v) is 11.3. The molecule has 1 fully saturated rings. The van der Waals surface area contributed by atoms with E-state index in [1.165, 1.54) is 25.8 Å². The van der Waals surface area contributed by atoms with Crippen molar-refractivity contribution in [3.63, 3.8) is 0 Å². The average molecular weight is 241 g/mol. The van der Waals surface area contributed by atoms with Crippen LogP contribution in [-0.4, -0.2) is 50.1 Å². The Morgan fingerprint density at radius 2 is 2.18 bits per heavy atom. The Bertz CT molecular complexity index is 221. The highest BCUT2D eigenvalue weighted by atomic mass is 16.1. The first-order valence-electron chi connectivity index (χ1n) is 6.91. The number of carbonyl (C=O) groups excluding carboxylic acids is 1. The summed E-state index contributed by atoms with van der Waals surface area (Å²) in [7, 11) is 2.19. The van der Waals surface area contributed by atoms with Gasteiger partial charge in [-0.15, -0.1) is 0 Å². The van der Waals surface area contributed by atoms with E-state index in [4.69, 9.17) is 0 Å². The number of amides is 1. The van der Waals surface area contributed by atoms with Crippen LogP contribution in [0.4, 0.5) is 0 Å². The van der Waals surface area contributed by atoms with Gasteiger partial charge < -0.3 is 15.5 Å². The van der Waals surface area contributed by atoms with Crippen molar-refractivity contribution in [1.82, 2.24) is 15.5 Å². The molecule has 0 aromatic rings. The number of hydrogen-bond donors (Lipinski definition) is 2. The number of nitrogens with one attached hydrogen (secondary N) is 2. The minimum atomic E-state index is 0.163. The lowest BCUT2D eigenvalue weighted by atomic mass is 10.0. The van der Waals surface area contributed by atoms with Gasteiger partial charge in [-0.3, -0.25) is 4.79 Å². The molecule has 0 spiro atoms. The van der Waals surface area contributed by atoms with Crippen molar-refractivity contribution in [1.29, 1.82) is 0 Å². The van der Waals surface area contributed by atoms with Gasteiger partial charge >= 0.3 is 0 Å². The molecule has 1 heterocycles. The van der Waals surface area contributed by atoms with Crippen LogP contribution in [0.5, 0.6) is 0 Å². The monoisotopic (exact) mass is 241 g/mol. The van der Waals surface area contributed by atoms with Crippen LogP contribution in [0.2, 0.25) is 0 Å². The van der Waals surface area contributed by atoms with Gasteiger partial charge in [-0.05, 0) is 32.9 Å². The van der Waals surface area contributed by atoms with Gasteiger partial charge in [0.25, 0.3) is 0 Å². The van der Waals surface area contributed by atoms with Gasteiger partial charge in [0.1, 0.15) is 0 Å². The molecule has 0 radical (unpaired) electrons. The molecule has 0 aromatic heterocycles. The highest BCUT2D eigenvalue weighted by molar-refractivity contribution is 5.75. The summed E-state index contributed by atoms with van der Waals surface area (Å²) < 4.78 is 0. The Labute approximate surface area is 105 Å². The zero-order valence-electron chi connectivity index (χ0n) is 11.3. The van der Waals surface area contributed by atoms with Crippen molar-refractivity contribution < 1.29 is 4.79 Å². The van der Waals surface area contributed by atoms with Crippen molar-refractivity contribution in [2.45, 2.75) is 45.1 Å². The Morgan fingerprint density at radius 1 is 1.35 bits per heavy atom. The zero-order chi connectivity index (χ0) is 12.5. The van der Waals surface area contributed by atoms with Crippen LogP contribution in [0.3, 0.4) is 0 Å². The van der Waals surface area contributed by atoms with Gasteiger partial charge in [0.05, 0.1) is 0 Å². The number of rotatable bonds is 7. The summed E-state index contributed by atoms with van der Waals surface area (Å²) in [6, 6.07) is 0.655. The van der Waals surface area contributed by atoms with Crippen LogP contribution in [0.25, 0.3) is 0 Å². The molecular formula is C13H27N3O. The predicted octanol–water partition coefficient (Wildman–Crippen LogP) is 0.977. The molecule has 100 valence electrons. The number of carbonyl (C=O) groups is 1. The van der Waals surface area contributed by atoms with Crippen LogP contribution in [0.1, 0.15) is 39.0 Å². The molecule has 2 N–H and O–H groups in total. The van der Waals surface area contributed by atoms with Gasteiger partial charge in [-0.1, -0.05) is 13.3 Å². The summed E-state index contributed by atoms with van der Waals surface area (Å²) in [4.78, 5) is 13.8. The second-order valence-corrected chi connectivity index (χ2v) is 4.93. The average Bonchev–Trinajstić information content (AvgIpc) is 2.34. The van der Waals surface area contributed by atoms with Crippen LogP contribution in [-0.2, 0) is 4.79 Å². The number of likely N-dealkylation sites (N-methyl/N-ethyl adjacent to an activating group) is 1. The normalized spacial score (nSPS) is 21.4. The highest BCUT2D eigenvalue weighted by Gasteiger charge is 2.17. The summed E-state index contributed by atoms with van der Waals surface area (Å²) >= 11 is 0. The topological polar surface area (TPSA) is 44.4 Å². The van der Waals surface area contributed by atoms with E-state index in [1.54, 1.807) is 0 Å². The SMILES string of the molecule is CCCNC(=O)CCNCC1CCCCN1C. The smallest absolute Gasteiger partial charge is 0.221 e. The van der Waals surface area contributed by atoms with Gasteiger partial charge in [0, 0.05) is 32.1 Å². The van der Waals surface area contributed by atoms with Crippen LogP contribution >= 0.6 is 0 Å². The number of piperidine rings is 1. The third kappa shape index (κ3) is 6.03. The van der Waals surface area contributed by atoms with E-state index in [0.29, 0.717) is 12.5 Å². The lowest BCUT2D eigenvalue weighted by Gasteiger charge is -2.32. The Morgan fingerprint density at radius 3 is 2.88 bits per heavy atom. The summed E-state index contributed by atoms with van der Waals surface area (Å²) in [6.07, 6.45) is 5.55. The van der Waals surface area contributed by atoms with E-state index >= 15 is 0 Å². The van der Waals surface area contributed by atoms with E-state index in [-0.39, 0.29) is 5.91 Å². The molecule has 0 saturated carbocycles. The lowest BCUT2D eigenvalue weighted by molar-refractivity contribution is -0.120. The first-order valence-corrected chi connectivity index (χ1v) is 6.91. The molecule has 1 atom stereocenters. The molecular weight excluding hydrogens is 214 g/mol. The van der Waals surface area contributed by atoms with E-state index in [2.05, 4.69) is 29.5 Å². The van der Waals surface area contributed by atoms with Gasteiger partial charge in [0.2, 0.25) is 5.91 Å². The van der Waals surface area contributed by atoms with Crippen LogP contribution in [0, 0.1) is 0 Å². The maximum Gasteiger partial charge on any atom is 0.221 e. The Balaban J connectivity index is 2.01. The van der Waals surface area contributed by atoms with Crippen molar-refractivity contribution in [3.8, 4) is 0 Å². The highest BCUT2D eigenvalue weighted by Crippen LogP contribution is 2.13. The van der Waals surface area contributed by atoms with Crippen molar-refractivity contribution >= 4 is 5.91 Å². The summed E-state index contributed by atoms with van der Waals surface area (Å²) in [6.45, 7) is 5.88. The quantitative estimate of drug-likeness (QED) is 0.653. The van der Waals surface area contributed by atoms with E-state index in [9.17, 15) is 4.79 Å². The molecule has 1 aliphatic heterocycles. The van der Waals surface area contributed by atoms with Crippen LogP contribution in [0.15, 0.2) is 0 Å². The van der Waals surface area contributed by atoms with Gasteiger partial charge in [0.15, 0.2) is 0 Å². The Kier molecular flexibility index (Phi) is 7.21. The summed E-state index contributed by atoms with van der Waals surface area (Å²) in [5, 5.41) is 6.28. The van der Waals surface area contributed by atoms with Crippen LogP contribution < -0.4 is 10.6 Å². The maximum absolute atomic E-state index is 11.4. The molecule has 0 aromatic carbocycles. The minimum Gasteiger partial charge on any atom is -0.356 e. The van der Waals surface area contributed by atoms with Gasteiger partial charge in [-0.2, -0.15) is 0 Å². The first-order chi connectivity index (χ1) is 8.24. The third-order valence-electron chi connectivity index (χ3n) is 3.40. The number of hydrogen-bond acceptors (Lipinski definition) is 3. The standard InChI is InChI=1S/C13H27N3O/c1-3-8-15-13(17)7-9-14-11-12-6-4-5-10-16(12)2/h12,14H,3-11H2,1-2H3,(H,15,17). The maximum atomic E-state index is 11.4. The molecule has 1 amide bonds. The molecule has 0 bridgehead atoms. The second kappa shape index (κ2) is 8.48. The molecule has 1 aliphatic rings. The molecule has 4 nitrogen and oxygen atoms in total. The third-order valence-corrected chi connectivity index (χ3v) is 3.40. The van der Waals surface area contributed by atoms with E-state index < -0.39 is 0 Å². The predicted molar refractivity (Wildman–Crippen MR) is 71.1 cm³/mol.